The van der Waals surface area contributed by atoms with Gasteiger partial charge in [-0.2, -0.15) is 0 Å². The van der Waals surface area contributed by atoms with E-state index in [2.05, 4.69) is 95.9 Å². The van der Waals surface area contributed by atoms with Gasteiger partial charge in [-0.15, -0.1) is 11.3 Å². The Balaban J connectivity index is 1.32. The molecule has 0 fully saturated rings. The van der Waals surface area contributed by atoms with Crippen LogP contribution in [0.1, 0.15) is 0 Å². The summed E-state index contributed by atoms with van der Waals surface area (Å²) in [6.45, 7) is 0. The second kappa shape index (κ2) is 7.22. The van der Waals surface area contributed by atoms with Crippen molar-refractivity contribution < 1.29 is 4.74 Å². The topological polar surface area (TPSA) is 12.5 Å². The molecule has 0 saturated carbocycles. The Morgan fingerprint density at radius 1 is 0.515 bits per heavy atom. The lowest BCUT2D eigenvalue weighted by atomic mass is 10.0. The van der Waals surface area contributed by atoms with E-state index in [9.17, 15) is 0 Å². The quantitative estimate of drug-likeness (QED) is 0.265. The molecule has 33 heavy (non-hydrogen) atoms. The summed E-state index contributed by atoms with van der Waals surface area (Å²) in [7, 11) is 0. The normalized spacial score (nSPS) is 12.4. The molecule has 3 heteroatoms. The van der Waals surface area contributed by atoms with E-state index in [-0.39, 0.29) is 0 Å². The Morgan fingerprint density at radius 2 is 1.12 bits per heavy atom. The van der Waals surface area contributed by atoms with Gasteiger partial charge in [0.05, 0.1) is 11.4 Å². The van der Waals surface area contributed by atoms with Gasteiger partial charge in [0.2, 0.25) is 0 Å². The molecular weight excluding hydrogens is 422 g/mol. The largest absolute Gasteiger partial charge is 0.453 e. The Kier molecular flexibility index (Phi) is 4.05. The van der Waals surface area contributed by atoms with E-state index in [0.717, 1.165) is 28.6 Å². The molecule has 7 rings (SSSR count). The van der Waals surface area contributed by atoms with Crippen LogP contribution >= 0.6 is 11.3 Å². The first-order chi connectivity index (χ1) is 16.3. The molecule has 0 unspecified atom stereocenters. The molecule has 5 aromatic carbocycles. The first-order valence-corrected chi connectivity index (χ1v) is 11.8. The van der Waals surface area contributed by atoms with Crippen LogP contribution in [0.25, 0.3) is 31.3 Å². The molecule has 6 aromatic rings. The van der Waals surface area contributed by atoms with Gasteiger partial charge in [0.1, 0.15) is 0 Å². The number of rotatable bonds is 2. The second-order valence-corrected chi connectivity index (χ2v) is 9.31. The fourth-order valence-electron chi connectivity index (χ4n) is 4.69. The van der Waals surface area contributed by atoms with Crippen LogP contribution in [0.2, 0.25) is 0 Å². The monoisotopic (exact) mass is 441 g/mol. The van der Waals surface area contributed by atoms with Crippen LogP contribution in [0.5, 0.6) is 11.5 Å². The number of benzene rings is 5. The highest BCUT2D eigenvalue weighted by molar-refractivity contribution is 7.25. The van der Waals surface area contributed by atoms with Gasteiger partial charge in [0, 0.05) is 25.9 Å². The van der Waals surface area contributed by atoms with E-state index < -0.39 is 0 Å². The summed E-state index contributed by atoms with van der Waals surface area (Å²) in [4.78, 5) is 2.27. The SMILES string of the molecule is c1ccc2c(c1)Oc1ccccc1N2c1ccc(-c2ccc3sc4ccccc4c3c2)cc1. The van der Waals surface area contributed by atoms with Crippen molar-refractivity contribution in [2.24, 2.45) is 0 Å². The highest BCUT2D eigenvalue weighted by Crippen LogP contribution is 2.50. The molecular formula is C30H19NOS. The van der Waals surface area contributed by atoms with Gasteiger partial charge in [-0.3, -0.25) is 0 Å². The number of anilines is 3. The van der Waals surface area contributed by atoms with Crippen molar-refractivity contribution in [2.75, 3.05) is 4.90 Å². The summed E-state index contributed by atoms with van der Waals surface area (Å²) >= 11 is 1.86. The average molecular weight is 442 g/mol. The van der Waals surface area contributed by atoms with E-state index in [1.807, 2.05) is 35.6 Å². The number of thiophene rings is 1. The van der Waals surface area contributed by atoms with Crippen molar-refractivity contribution in [2.45, 2.75) is 0 Å². The molecule has 0 aliphatic carbocycles. The minimum Gasteiger partial charge on any atom is -0.453 e. The van der Waals surface area contributed by atoms with Crippen molar-refractivity contribution in [3.05, 3.63) is 115 Å². The van der Waals surface area contributed by atoms with Gasteiger partial charge in [-0.25, -0.2) is 0 Å². The van der Waals surface area contributed by atoms with E-state index in [1.54, 1.807) is 0 Å². The van der Waals surface area contributed by atoms with Crippen LogP contribution in [-0.2, 0) is 0 Å². The van der Waals surface area contributed by atoms with Gasteiger partial charge in [0.15, 0.2) is 11.5 Å². The van der Waals surface area contributed by atoms with Crippen LogP contribution in [0.3, 0.4) is 0 Å². The molecule has 1 aromatic heterocycles. The lowest BCUT2D eigenvalue weighted by Crippen LogP contribution is -2.15. The minimum absolute atomic E-state index is 0.870. The van der Waals surface area contributed by atoms with Crippen LogP contribution in [0, 0.1) is 0 Å². The third kappa shape index (κ3) is 2.94. The van der Waals surface area contributed by atoms with Crippen LogP contribution in [-0.4, -0.2) is 0 Å². The second-order valence-electron chi connectivity index (χ2n) is 8.23. The predicted octanol–water partition coefficient (Wildman–Crippen LogP) is 9.30. The van der Waals surface area contributed by atoms with Crippen molar-refractivity contribution in [3.63, 3.8) is 0 Å². The molecule has 2 heterocycles. The highest BCUT2D eigenvalue weighted by atomic mass is 32.1. The fraction of sp³-hybridized carbons (Fsp3) is 0. The van der Waals surface area contributed by atoms with Crippen molar-refractivity contribution in [1.29, 1.82) is 0 Å². The van der Waals surface area contributed by atoms with E-state index in [1.165, 1.54) is 31.3 Å². The molecule has 1 aliphatic rings. The zero-order valence-electron chi connectivity index (χ0n) is 17.7. The van der Waals surface area contributed by atoms with Crippen molar-refractivity contribution in [1.82, 2.24) is 0 Å². The maximum absolute atomic E-state index is 6.15. The minimum atomic E-state index is 0.870. The van der Waals surface area contributed by atoms with E-state index in [0.29, 0.717) is 0 Å². The Bertz CT molecular complexity index is 1600. The number of nitrogens with zero attached hydrogens (tertiary/aromatic N) is 1. The zero-order valence-corrected chi connectivity index (χ0v) is 18.5. The highest BCUT2D eigenvalue weighted by Gasteiger charge is 2.25. The summed E-state index contributed by atoms with van der Waals surface area (Å²) in [5.74, 6) is 1.74. The van der Waals surface area contributed by atoms with Gasteiger partial charge in [0.25, 0.3) is 0 Å². The molecule has 0 amide bonds. The lowest BCUT2D eigenvalue weighted by molar-refractivity contribution is 0.477. The molecule has 156 valence electrons. The standard InChI is InChI=1S/C30H19NOS/c1-6-12-29-23(7-1)24-19-21(15-18-30(24)33-29)20-13-16-22(17-14-20)31-25-8-2-4-10-27(25)32-28-11-5-3-9-26(28)31/h1-19H. The number of hydrogen-bond donors (Lipinski definition) is 0. The lowest BCUT2D eigenvalue weighted by Gasteiger charge is -2.32. The molecule has 1 aliphatic heterocycles. The summed E-state index contributed by atoms with van der Waals surface area (Å²) < 4.78 is 8.82. The van der Waals surface area contributed by atoms with E-state index in [4.69, 9.17) is 4.74 Å². The summed E-state index contributed by atoms with van der Waals surface area (Å²) in [6, 6.07) is 40.7. The van der Waals surface area contributed by atoms with Crippen molar-refractivity contribution >= 4 is 48.6 Å². The maximum atomic E-state index is 6.15. The van der Waals surface area contributed by atoms with Crippen LogP contribution in [0.4, 0.5) is 17.1 Å². The Labute approximate surface area is 195 Å². The average Bonchev–Trinajstić information content (AvgIpc) is 3.25. The predicted molar refractivity (Wildman–Crippen MR) is 140 cm³/mol. The molecule has 2 nitrogen and oxygen atoms in total. The number of fused-ring (bicyclic) bond motifs is 5. The third-order valence-corrected chi connectivity index (χ3v) is 7.42. The summed E-state index contributed by atoms with van der Waals surface area (Å²) in [6.07, 6.45) is 0. The molecule has 0 N–H and O–H groups in total. The maximum Gasteiger partial charge on any atom is 0.151 e. The molecule has 0 spiro atoms. The van der Waals surface area contributed by atoms with Crippen LogP contribution in [0.15, 0.2) is 115 Å². The van der Waals surface area contributed by atoms with Crippen LogP contribution < -0.4 is 9.64 Å². The first-order valence-electron chi connectivity index (χ1n) is 11.0. The Morgan fingerprint density at radius 3 is 1.88 bits per heavy atom. The van der Waals surface area contributed by atoms with E-state index >= 15 is 0 Å². The number of hydrogen-bond acceptors (Lipinski definition) is 3. The molecule has 0 bridgehead atoms. The molecule has 0 radical (unpaired) electrons. The number of para-hydroxylation sites is 4. The summed E-state index contributed by atoms with van der Waals surface area (Å²) in [5, 5.41) is 2.66. The Hall–Kier alpha value is -4.08. The number of ether oxygens (including phenoxy) is 1. The van der Waals surface area contributed by atoms with Gasteiger partial charge < -0.3 is 9.64 Å². The first kappa shape index (κ1) is 18.5. The van der Waals surface area contributed by atoms with Gasteiger partial charge in [-0.05, 0) is 65.7 Å². The smallest absolute Gasteiger partial charge is 0.151 e. The van der Waals surface area contributed by atoms with Gasteiger partial charge in [-0.1, -0.05) is 60.7 Å². The third-order valence-electron chi connectivity index (χ3n) is 6.27. The fourth-order valence-corrected chi connectivity index (χ4v) is 5.78. The zero-order chi connectivity index (χ0) is 21.8. The van der Waals surface area contributed by atoms with Crippen molar-refractivity contribution in [3.8, 4) is 22.6 Å². The molecule has 0 atom stereocenters. The summed E-state index contributed by atoms with van der Waals surface area (Å²) in [5.41, 5.74) is 5.67. The molecule has 0 saturated heterocycles. The van der Waals surface area contributed by atoms with Gasteiger partial charge >= 0.3 is 0 Å².